The van der Waals surface area contributed by atoms with Gasteiger partial charge in [0, 0.05) is 33.2 Å². The Morgan fingerprint density at radius 1 is 0.594 bits per heavy atom. The first-order valence-electron chi connectivity index (χ1n) is 11.1. The van der Waals surface area contributed by atoms with Gasteiger partial charge in [-0.05, 0) is 99.9 Å². The monoisotopic (exact) mass is 564 g/mol. The molecule has 0 aliphatic carbocycles. The third-order valence-electron chi connectivity index (χ3n) is 6.48. The van der Waals surface area contributed by atoms with E-state index in [9.17, 15) is 9.59 Å². The number of halogens is 2. The minimum Gasteiger partial charge on any atom is -0.352 e. The van der Waals surface area contributed by atoms with Crippen molar-refractivity contribution >= 4 is 43.7 Å². The first kappa shape index (κ1) is 26.6. The Labute approximate surface area is 209 Å². The Morgan fingerprint density at radius 2 is 0.938 bits per heavy atom. The van der Waals surface area contributed by atoms with E-state index < -0.39 is 0 Å². The number of rotatable bonds is 9. The molecule has 0 atom stereocenters. The largest absolute Gasteiger partial charge is 0.352 e. The number of hydrogen-bond donors (Lipinski definition) is 2. The Kier molecular flexibility index (Phi) is 9.96. The van der Waals surface area contributed by atoms with Crippen molar-refractivity contribution in [3.8, 4) is 0 Å². The fourth-order valence-electron chi connectivity index (χ4n) is 3.68. The molecule has 0 spiro atoms. The van der Waals surface area contributed by atoms with E-state index in [1.807, 2.05) is 39.8 Å². The Balaban J connectivity index is 1.69. The molecule has 2 N–H and O–H groups in total. The zero-order valence-corrected chi connectivity index (χ0v) is 23.1. The summed E-state index contributed by atoms with van der Waals surface area (Å²) in [6, 6.07) is 3.82. The summed E-state index contributed by atoms with van der Waals surface area (Å²) in [5.74, 6) is -0.0398. The molecule has 2 aromatic rings. The van der Waals surface area contributed by atoms with Crippen LogP contribution in [0.15, 0.2) is 21.1 Å². The molecule has 174 valence electrons. The number of amides is 2. The van der Waals surface area contributed by atoms with E-state index in [1.54, 1.807) is 0 Å². The van der Waals surface area contributed by atoms with Crippen LogP contribution in [0.1, 0.15) is 79.8 Å². The van der Waals surface area contributed by atoms with Crippen LogP contribution in [0.2, 0.25) is 0 Å². The first-order chi connectivity index (χ1) is 15.1. The van der Waals surface area contributed by atoms with Crippen LogP contribution >= 0.6 is 31.9 Å². The summed E-state index contributed by atoms with van der Waals surface area (Å²) in [7, 11) is 0. The second-order valence-corrected chi connectivity index (χ2v) is 10.2. The molecule has 0 aliphatic rings. The number of carbonyl (C=O) groups excluding carboxylic acids is 2. The molecule has 2 rings (SSSR count). The summed E-state index contributed by atoms with van der Waals surface area (Å²) in [5, 5.41) is 6.06. The molecule has 0 unspecified atom stereocenters. The Hall–Kier alpha value is -1.66. The van der Waals surface area contributed by atoms with Crippen molar-refractivity contribution in [2.75, 3.05) is 13.1 Å². The average Bonchev–Trinajstić information content (AvgIpc) is 2.77. The number of unbranched alkanes of at least 4 members (excludes halogenated alkanes) is 3. The zero-order chi connectivity index (χ0) is 24.0. The molecule has 0 bridgehead atoms. The lowest BCUT2D eigenvalue weighted by molar-refractivity contribution is 0.0942. The summed E-state index contributed by atoms with van der Waals surface area (Å²) >= 11 is 7.09. The highest BCUT2D eigenvalue weighted by Crippen LogP contribution is 2.26. The normalized spacial score (nSPS) is 10.9. The Bertz CT molecular complexity index is 934. The fourth-order valence-corrected chi connectivity index (χ4v) is 4.73. The van der Waals surface area contributed by atoms with Gasteiger partial charge in [0.1, 0.15) is 0 Å². The summed E-state index contributed by atoms with van der Waals surface area (Å²) in [6.45, 7) is 13.5. The van der Waals surface area contributed by atoms with Crippen LogP contribution in [0.3, 0.4) is 0 Å². The number of nitrogens with one attached hydrogen (secondary N) is 2. The summed E-state index contributed by atoms with van der Waals surface area (Å²) < 4.78 is 1.94. The van der Waals surface area contributed by atoms with E-state index in [-0.39, 0.29) is 11.8 Å². The van der Waals surface area contributed by atoms with Gasteiger partial charge in [-0.15, -0.1) is 0 Å². The molecule has 0 aromatic heterocycles. The van der Waals surface area contributed by atoms with Crippen molar-refractivity contribution in [3.63, 3.8) is 0 Å². The molecular formula is C26H34Br2N2O2. The highest BCUT2D eigenvalue weighted by molar-refractivity contribution is 9.10. The maximum Gasteiger partial charge on any atom is 0.251 e. The van der Waals surface area contributed by atoms with Gasteiger partial charge in [0.2, 0.25) is 0 Å². The van der Waals surface area contributed by atoms with Crippen LogP contribution in [0, 0.1) is 41.5 Å². The molecule has 0 saturated heterocycles. The summed E-state index contributed by atoms with van der Waals surface area (Å²) in [5.41, 5.74) is 8.17. The number of carbonyl (C=O) groups is 2. The van der Waals surface area contributed by atoms with E-state index in [0.29, 0.717) is 13.1 Å². The molecule has 0 heterocycles. The van der Waals surface area contributed by atoms with Gasteiger partial charge in [-0.2, -0.15) is 0 Å². The molecule has 0 radical (unpaired) electrons. The first-order valence-corrected chi connectivity index (χ1v) is 12.7. The average molecular weight is 566 g/mol. The second-order valence-electron chi connectivity index (χ2n) is 8.49. The van der Waals surface area contributed by atoms with Gasteiger partial charge in [-0.25, -0.2) is 0 Å². The lowest BCUT2D eigenvalue weighted by Gasteiger charge is -2.14. The topological polar surface area (TPSA) is 58.2 Å². The van der Waals surface area contributed by atoms with E-state index >= 15 is 0 Å². The predicted molar refractivity (Wildman–Crippen MR) is 140 cm³/mol. The third-order valence-corrected chi connectivity index (χ3v) is 8.13. The van der Waals surface area contributed by atoms with E-state index in [4.69, 9.17) is 0 Å². The number of benzene rings is 2. The smallest absolute Gasteiger partial charge is 0.251 e. The zero-order valence-electron chi connectivity index (χ0n) is 20.0. The SMILES string of the molecule is Cc1c(Br)cc(C(=O)NCCCCCCNC(=O)c2cc(Br)c(C)c(C)c2C)c(C)c1C. The van der Waals surface area contributed by atoms with Crippen LogP contribution < -0.4 is 10.6 Å². The van der Waals surface area contributed by atoms with E-state index in [0.717, 1.165) is 68.0 Å². The molecule has 0 fully saturated rings. The quantitative estimate of drug-likeness (QED) is 0.329. The van der Waals surface area contributed by atoms with E-state index in [1.165, 1.54) is 11.1 Å². The maximum absolute atomic E-state index is 12.5. The molecule has 0 aliphatic heterocycles. The van der Waals surface area contributed by atoms with Gasteiger partial charge in [-0.3, -0.25) is 9.59 Å². The van der Waals surface area contributed by atoms with Gasteiger partial charge in [0.15, 0.2) is 0 Å². The third kappa shape index (κ3) is 6.44. The molecular weight excluding hydrogens is 532 g/mol. The van der Waals surface area contributed by atoms with Crippen LogP contribution in [-0.4, -0.2) is 24.9 Å². The number of hydrogen-bond acceptors (Lipinski definition) is 2. The van der Waals surface area contributed by atoms with Crippen molar-refractivity contribution in [3.05, 3.63) is 65.6 Å². The summed E-state index contributed by atoms with van der Waals surface area (Å²) in [4.78, 5) is 25.1. The molecule has 2 amide bonds. The Morgan fingerprint density at radius 3 is 1.28 bits per heavy atom. The van der Waals surface area contributed by atoms with Crippen LogP contribution in [-0.2, 0) is 0 Å². The minimum atomic E-state index is -0.0199. The highest BCUT2D eigenvalue weighted by Gasteiger charge is 2.15. The standard InChI is InChI=1S/C26H34Br2N2O2/c1-15-17(3)21(13-23(27)19(15)5)25(31)29-11-9-7-8-10-12-30-26(32)22-14-24(28)20(6)16(2)18(22)4/h13-14H,7-12H2,1-6H3,(H,29,31)(H,30,32). The fraction of sp³-hybridized carbons (Fsp3) is 0.462. The van der Waals surface area contributed by atoms with Gasteiger partial charge >= 0.3 is 0 Å². The van der Waals surface area contributed by atoms with Crippen molar-refractivity contribution in [1.82, 2.24) is 10.6 Å². The lowest BCUT2D eigenvalue weighted by atomic mass is 9.98. The minimum absolute atomic E-state index is 0.0199. The van der Waals surface area contributed by atoms with Gasteiger partial charge < -0.3 is 10.6 Å². The van der Waals surface area contributed by atoms with Crippen LogP contribution in [0.4, 0.5) is 0 Å². The molecule has 4 nitrogen and oxygen atoms in total. The van der Waals surface area contributed by atoms with E-state index in [2.05, 4.69) is 56.3 Å². The van der Waals surface area contributed by atoms with Gasteiger partial charge in [0.05, 0.1) is 0 Å². The van der Waals surface area contributed by atoms with Gasteiger partial charge in [-0.1, -0.05) is 44.7 Å². The highest BCUT2D eigenvalue weighted by atomic mass is 79.9. The molecule has 32 heavy (non-hydrogen) atoms. The van der Waals surface area contributed by atoms with Crippen LogP contribution in [0.5, 0.6) is 0 Å². The maximum atomic E-state index is 12.5. The van der Waals surface area contributed by atoms with Crippen molar-refractivity contribution in [2.24, 2.45) is 0 Å². The summed E-state index contributed by atoms with van der Waals surface area (Å²) in [6.07, 6.45) is 3.88. The molecule has 6 heteroatoms. The van der Waals surface area contributed by atoms with Gasteiger partial charge in [0.25, 0.3) is 11.8 Å². The van der Waals surface area contributed by atoms with Crippen molar-refractivity contribution in [1.29, 1.82) is 0 Å². The van der Waals surface area contributed by atoms with Crippen LogP contribution in [0.25, 0.3) is 0 Å². The predicted octanol–water partition coefficient (Wildman–Crippen LogP) is 6.78. The lowest BCUT2D eigenvalue weighted by Crippen LogP contribution is -2.26. The molecule has 2 aromatic carbocycles. The second kappa shape index (κ2) is 12.0. The van der Waals surface area contributed by atoms with Crippen molar-refractivity contribution < 1.29 is 9.59 Å². The van der Waals surface area contributed by atoms with Crippen molar-refractivity contribution in [2.45, 2.75) is 67.2 Å². The molecule has 0 saturated carbocycles.